The van der Waals surface area contributed by atoms with Gasteiger partial charge in [0.2, 0.25) is 0 Å². The zero-order chi connectivity index (χ0) is 22.0. The molecule has 0 aliphatic heterocycles. The number of hydrogen-bond acceptors (Lipinski definition) is 3. The van der Waals surface area contributed by atoms with Crippen LogP contribution in [-0.2, 0) is 13.1 Å². The fraction of sp³-hybridized carbons (Fsp3) is 0.167. The minimum absolute atomic E-state index is 0.106. The van der Waals surface area contributed by atoms with Crippen molar-refractivity contribution in [2.24, 2.45) is 0 Å². The summed E-state index contributed by atoms with van der Waals surface area (Å²) >= 11 is 6.19. The third-order valence-electron chi connectivity index (χ3n) is 5.32. The van der Waals surface area contributed by atoms with Crippen molar-refractivity contribution in [1.29, 1.82) is 0 Å². The SMILES string of the molecule is Cc1ccc2cc(CN(Cc3ccco3)C(=O)Nc3ccccc3Cl)c(=O)[nH]c2c1C. The smallest absolute Gasteiger partial charge is 0.322 e. The van der Waals surface area contributed by atoms with E-state index < -0.39 is 0 Å². The molecule has 0 radical (unpaired) electrons. The van der Waals surface area contributed by atoms with Gasteiger partial charge in [0.15, 0.2) is 0 Å². The highest BCUT2D eigenvalue weighted by Gasteiger charge is 2.19. The second kappa shape index (κ2) is 8.70. The van der Waals surface area contributed by atoms with E-state index in [2.05, 4.69) is 10.3 Å². The van der Waals surface area contributed by atoms with E-state index in [-0.39, 0.29) is 24.7 Å². The molecule has 0 bridgehead atoms. The molecule has 6 nitrogen and oxygen atoms in total. The Morgan fingerprint density at radius 3 is 2.65 bits per heavy atom. The van der Waals surface area contributed by atoms with E-state index in [1.807, 2.05) is 32.0 Å². The first kappa shape index (κ1) is 20.8. The van der Waals surface area contributed by atoms with Gasteiger partial charge in [-0.2, -0.15) is 0 Å². The van der Waals surface area contributed by atoms with Gasteiger partial charge < -0.3 is 19.6 Å². The first-order chi connectivity index (χ1) is 14.9. The maximum absolute atomic E-state index is 13.1. The van der Waals surface area contributed by atoms with E-state index in [1.165, 1.54) is 4.90 Å². The molecular formula is C24H22ClN3O3. The number of carbonyl (C=O) groups is 1. The van der Waals surface area contributed by atoms with Crippen LogP contribution in [0.4, 0.5) is 10.5 Å². The third-order valence-corrected chi connectivity index (χ3v) is 5.65. The molecule has 0 aliphatic rings. The van der Waals surface area contributed by atoms with E-state index in [0.29, 0.717) is 22.0 Å². The highest BCUT2D eigenvalue weighted by atomic mass is 35.5. The summed E-state index contributed by atoms with van der Waals surface area (Å²) in [6.45, 7) is 4.29. The molecule has 4 rings (SSSR count). The number of nitrogens with one attached hydrogen (secondary N) is 2. The molecule has 158 valence electrons. The lowest BCUT2D eigenvalue weighted by molar-refractivity contribution is 0.201. The summed E-state index contributed by atoms with van der Waals surface area (Å²) in [4.78, 5) is 30.4. The fourth-order valence-corrected chi connectivity index (χ4v) is 3.62. The number of fused-ring (bicyclic) bond motifs is 1. The van der Waals surface area contributed by atoms with Gasteiger partial charge in [-0.1, -0.05) is 35.9 Å². The Kier molecular flexibility index (Phi) is 5.82. The predicted octanol–water partition coefficient (Wildman–Crippen LogP) is 5.63. The number of carbonyl (C=O) groups excluding carboxylic acids is 1. The average molecular weight is 436 g/mol. The number of furan rings is 1. The highest BCUT2D eigenvalue weighted by molar-refractivity contribution is 6.33. The van der Waals surface area contributed by atoms with Gasteiger partial charge in [-0.05, 0) is 60.7 Å². The molecule has 0 saturated carbocycles. The van der Waals surface area contributed by atoms with Crippen LogP contribution in [-0.4, -0.2) is 15.9 Å². The Morgan fingerprint density at radius 2 is 1.90 bits per heavy atom. The average Bonchev–Trinajstić information content (AvgIpc) is 3.26. The van der Waals surface area contributed by atoms with Gasteiger partial charge in [0, 0.05) is 5.56 Å². The number of nitrogens with zero attached hydrogens (tertiary/aromatic N) is 1. The zero-order valence-electron chi connectivity index (χ0n) is 17.2. The molecule has 31 heavy (non-hydrogen) atoms. The molecule has 0 aliphatic carbocycles. The Bertz CT molecular complexity index is 1300. The monoisotopic (exact) mass is 435 g/mol. The minimum atomic E-state index is -0.385. The number of amides is 2. The highest BCUT2D eigenvalue weighted by Crippen LogP contribution is 2.23. The fourth-order valence-electron chi connectivity index (χ4n) is 3.44. The molecule has 0 atom stereocenters. The third kappa shape index (κ3) is 4.49. The topological polar surface area (TPSA) is 78.3 Å². The van der Waals surface area contributed by atoms with E-state index in [0.717, 1.165) is 22.0 Å². The van der Waals surface area contributed by atoms with Crippen molar-refractivity contribution in [1.82, 2.24) is 9.88 Å². The van der Waals surface area contributed by atoms with Crippen molar-refractivity contribution >= 4 is 34.2 Å². The maximum atomic E-state index is 13.1. The summed E-state index contributed by atoms with van der Waals surface area (Å²) in [5.74, 6) is 0.609. The van der Waals surface area contributed by atoms with Crippen LogP contribution in [0, 0.1) is 13.8 Å². The number of benzene rings is 2. The zero-order valence-corrected chi connectivity index (χ0v) is 18.0. The van der Waals surface area contributed by atoms with Crippen LogP contribution in [0.5, 0.6) is 0 Å². The molecule has 0 saturated heterocycles. The summed E-state index contributed by atoms with van der Waals surface area (Å²) in [5.41, 5.74) is 3.70. The van der Waals surface area contributed by atoms with Crippen molar-refractivity contribution < 1.29 is 9.21 Å². The number of aromatic nitrogens is 1. The van der Waals surface area contributed by atoms with Gasteiger partial charge >= 0.3 is 6.03 Å². The van der Waals surface area contributed by atoms with Crippen LogP contribution in [0.3, 0.4) is 0 Å². The van der Waals surface area contributed by atoms with Crippen molar-refractivity contribution in [2.45, 2.75) is 26.9 Å². The van der Waals surface area contributed by atoms with Crippen LogP contribution >= 0.6 is 11.6 Å². The van der Waals surface area contributed by atoms with Gasteiger partial charge in [-0.25, -0.2) is 4.79 Å². The van der Waals surface area contributed by atoms with Crippen LogP contribution in [0.25, 0.3) is 10.9 Å². The van der Waals surface area contributed by atoms with Crippen LogP contribution < -0.4 is 10.9 Å². The number of pyridine rings is 1. The van der Waals surface area contributed by atoms with E-state index >= 15 is 0 Å². The molecule has 0 fully saturated rings. The number of halogens is 1. The summed E-state index contributed by atoms with van der Waals surface area (Å²) in [5, 5.41) is 4.17. The molecule has 2 heterocycles. The lowest BCUT2D eigenvalue weighted by Gasteiger charge is -2.22. The Hall–Kier alpha value is -3.51. The summed E-state index contributed by atoms with van der Waals surface area (Å²) < 4.78 is 5.42. The molecule has 2 amide bonds. The Morgan fingerprint density at radius 1 is 1.10 bits per heavy atom. The second-order valence-electron chi connectivity index (χ2n) is 7.44. The van der Waals surface area contributed by atoms with Crippen molar-refractivity contribution in [3.8, 4) is 0 Å². The molecule has 2 N–H and O–H groups in total. The van der Waals surface area contributed by atoms with Crippen molar-refractivity contribution in [2.75, 3.05) is 5.32 Å². The lowest BCUT2D eigenvalue weighted by atomic mass is 10.0. The molecule has 0 spiro atoms. The molecule has 7 heteroatoms. The van der Waals surface area contributed by atoms with Gasteiger partial charge in [0.1, 0.15) is 5.76 Å². The molecule has 2 aromatic carbocycles. The molecule has 2 aromatic heterocycles. The van der Waals surface area contributed by atoms with E-state index in [9.17, 15) is 9.59 Å². The predicted molar refractivity (Wildman–Crippen MR) is 122 cm³/mol. The number of urea groups is 1. The number of hydrogen-bond donors (Lipinski definition) is 2. The van der Waals surface area contributed by atoms with Crippen LogP contribution in [0.2, 0.25) is 5.02 Å². The first-order valence-electron chi connectivity index (χ1n) is 9.87. The number of para-hydroxylation sites is 1. The van der Waals surface area contributed by atoms with Gasteiger partial charge in [0.25, 0.3) is 5.56 Å². The first-order valence-corrected chi connectivity index (χ1v) is 10.2. The summed E-state index contributed by atoms with van der Waals surface area (Å²) in [7, 11) is 0. The van der Waals surface area contributed by atoms with E-state index in [4.69, 9.17) is 16.0 Å². The van der Waals surface area contributed by atoms with Gasteiger partial charge in [0.05, 0.1) is 35.6 Å². The minimum Gasteiger partial charge on any atom is -0.467 e. The number of H-pyrrole nitrogens is 1. The van der Waals surface area contributed by atoms with Gasteiger partial charge in [-0.15, -0.1) is 0 Å². The molecule has 4 aromatic rings. The van der Waals surface area contributed by atoms with Crippen molar-refractivity contribution in [3.05, 3.63) is 98.7 Å². The maximum Gasteiger partial charge on any atom is 0.322 e. The molecule has 0 unspecified atom stereocenters. The quantitative estimate of drug-likeness (QED) is 0.426. The largest absolute Gasteiger partial charge is 0.467 e. The Balaban J connectivity index is 1.66. The summed E-state index contributed by atoms with van der Waals surface area (Å²) in [6.07, 6.45) is 1.55. The van der Waals surface area contributed by atoms with Crippen LogP contribution in [0.15, 0.2) is 70.1 Å². The standard InChI is InChI=1S/C24H22ClN3O3/c1-15-9-10-17-12-18(23(29)27-22(17)16(15)2)13-28(14-19-6-5-11-31-19)24(30)26-21-8-4-3-7-20(21)25/h3-12H,13-14H2,1-2H3,(H,26,30)(H,27,29). The van der Waals surface area contributed by atoms with Gasteiger partial charge in [-0.3, -0.25) is 4.79 Å². The number of aryl methyl sites for hydroxylation is 2. The number of anilines is 1. The number of aromatic amines is 1. The normalized spacial score (nSPS) is 10.9. The number of rotatable bonds is 5. The van der Waals surface area contributed by atoms with Crippen LogP contribution in [0.1, 0.15) is 22.5 Å². The van der Waals surface area contributed by atoms with Crippen molar-refractivity contribution in [3.63, 3.8) is 0 Å². The second-order valence-corrected chi connectivity index (χ2v) is 7.85. The Labute approximate surface area is 184 Å². The molecular weight excluding hydrogens is 414 g/mol. The summed E-state index contributed by atoms with van der Waals surface area (Å²) in [6, 6.07) is 16.0. The van der Waals surface area contributed by atoms with E-state index in [1.54, 1.807) is 42.7 Å². The lowest BCUT2D eigenvalue weighted by Crippen LogP contribution is -2.35.